The maximum atomic E-state index is 12.6. The molecule has 2 aliphatic rings. The lowest BCUT2D eigenvalue weighted by Gasteiger charge is -2.34. The van der Waals surface area contributed by atoms with Crippen LogP contribution in [0.25, 0.3) is 0 Å². The summed E-state index contributed by atoms with van der Waals surface area (Å²) in [6.45, 7) is 2.52. The number of carbonyl (C=O) groups excluding carboxylic acids is 2. The Bertz CT molecular complexity index is 563. The van der Waals surface area contributed by atoms with E-state index in [0.29, 0.717) is 24.7 Å². The molecule has 1 aromatic rings. The van der Waals surface area contributed by atoms with Crippen molar-refractivity contribution in [2.24, 2.45) is 0 Å². The Morgan fingerprint density at radius 3 is 2.74 bits per heavy atom. The largest absolute Gasteiger partial charge is 0.331 e. The number of rotatable bonds is 4. The molecule has 2 N–H and O–H groups in total. The number of hydrogen-bond acceptors (Lipinski definition) is 3. The Kier molecular flexibility index (Phi) is 4.98. The number of piperidine rings is 1. The van der Waals surface area contributed by atoms with Crippen molar-refractivity contribution in [1.29, 1.82) is 0 Å². The third-order valence-electron chi connectivity index (χ3n) is 5.07. The number of aromatic amines is 1. The molecule has 6 heteroatoms. The summed E-state index contributed by atoms with van der Waals surface area (Å²) in [7, 11) is 0. The maximum Gasteiger partial charge on any atom is 0.248 e. The van der Waals surface area contributed by atoms with Gasteiger partial charge in [0.15, 0.2) is 5.82 Å². The zero-order valence-corrected chi connectivity index (χ0v) is 13.8. The summed E-state index contributed by atoms with van der Waals surface area (Å²) >= 11 is 0. The lowest BCUT2D eigenvalue weighted by Crippen LogP contribution is -2.49. The van der Waals surface area contributed by atoms with Gasteiger partial charge in [0.25, 0.3) is 0 Å². The molecule has 23 heavy (non-hydrogen) atoms. The van der Waals surface area contributed by atoms with E-state index in [9.17, 15) is 9.59 Å². The Balaban J connectivity index is 1.64. The number of likely N-dealkylation sites (tertiary alicyclic amines) is 1. The monoisotopic (exact) mass is 318 g/mol. The molecule has 1 atom stereocenters. The minimum atomic E-state index is -0.358. The Morgan fingerprint density at radius 1 is 1.26 bits per heavy atom. The summed E-state index contributed by atoms with van der Waals surface area (Å²) < 4.78 is 0. The zero-order valence-electron chi connectivity index (χ0n) is 13.8. The molecule has 126 valence electrons. The van der Waals surface area contributed by atoms with Gasteiger partial charge in [-0.25, -0.2) is 0 Å². The summed E-state index contributed by atoms with van der Waals surface area (Å²) in [5, 5.41) is 10.2. The lowest BCUT2D eigenvalue weighted by molar-refractivity contribution is -0.140. The van der Waals surface area contributed by atoms with Gasteiger partial charge < -0.3 is 10.2 Å². The predicted octanol–water partition coefficient (Wildman–Crippen LogP) is 2.80. The second-order valence-electron chi connectivity index (χ2n) is 6.63. The summed E-state index contributed by atoms with van der Waals surface area (Å²) in [5.74, 6) is 1.06. The molecule has 1 aromatic heterocycles. The standard InChI is InChI=1S/C17H26N4O2/c1-2-16(22)21-10-6-5-9-14(21)17(23)18-15-11-13(19-20-15)12-7-3-4-8-12/h11-12,14H,2-10H2,1H3,(H2,18,19,20,23)/t14-/m1/s1. The van der Waals surface area contributed by atoms with Crippen LogP contribution in [0.1, 0.15) is 69.9 Å². The summed E-state index contributed by atoms with van der Waals surface area (Å²) in [5.41, 5.74) is 1.11. The van der Waals surface area contributed by atoms with Gasteiger partial charge in [0.2, 0.25) is 11.8 Å². The van der Waals surface area contributed by atoms with E-state index in [0.717, 1.165) is 25.0 Å². The predicted molar refractivity (Wildman–Crippen MR) is 88.1 cm³/mol. The van der Waals surface area contributed by atoms with Gasteiger partial charge in [0.05, 0.1) is 0 Å². The van der Waals surface area contributed by atoms with Gasteiger partial charge in [-0.1, -0.05) is 19.8 Å². The van der Waals surface area contributed by atoms with Crippen molar-refractivity contribution in [2.45, 2.75) is 70.3 Å². The first-order valence-corrected chi connectivity index (χ1v) is 8.84. The van der Waals surface area contributed by atoms with Crippen molar-refractivity contribution in [3.05, 3.63) is 11.8 Å². The molecule has 0 radical (unpaired) electrons. The first kappa shape index (κ1) is 16.0. The first-order valence-electron chi connectivity index (χ1n) is 8.84. The van der Waals surface area contributed by atoms with Crippen LogP contribution >= 0.6 is 0 Å². The molecular weight excluding hydrogens is 292 g/mol. The Labute approximate surface area is 137 Å². The van der Waals surface area contributed by atoms with E-state index in [2.05, 4.69) is 15.5 Å². The van der Waals surface area contributed by atoms with Crippen LogP contribution in [0.3, 0.4) is 0 Å². The van der Waals surface area contributed by atoms with Crippen LogP contribution < -0.4 is 5.32 Å². The van der Waals surface area contributed by atoms with Crippen molar-refractivity contribution in [2.75, 3.05) is 11.9 Å². The number of amides is 2. The molecule has 1 aliphatic heterocycles. The molecule has 1 saturated heterocycles. The molecule has 1 aliphatic carbocycles. The van der Waals surface area contributed by atoms with Crippen molar-refractivity contribution in [3.63, 3.8) is 0 Å². The number of nitrogens with zero attached hydrogens (tertiary/aromatic N) is 2. The minimum absolute atomic E-state index is 0.0542. The van der Waals surface area contributed by atoms with Gasteiger partial charge in [0, 0.05) is 30.6 Å². The second kappa shape index (κ2) is 7.15. The molecule has 0 unspecified atom stereocenters. The molecule has 2 amide bonds. The molecule has 2 heterocycles. The summed E-state index contributed by atoms with van der Waals surface area (Å²) in [6, 6.07) is 1.59. The van der Waals surface area contributed by atoms with E-state index < -0.39 is 0 Å². The second-order valence-corrected chi connectivity index (χ2v) is 6.63. The number of carbonyl (C=O) groups is 2. The van der Waals surface area contributed by atoms with Crippen molar-refractivity contribution >= 4 is 17.6 Å². The van der Waals surface area contributed by atoms with Gasteiger partial charge >= 0.3 is 0 Å². The smallest absolute Gasteiger partial charge is 0.248 e. The fraction of sp³-hybridized carbons (Fsp3) is 0.706. The molecule has 0 spiro atoms. The SMILES string of the molecule is CCC(=O)N1CCCC[C@@H]1C(=O)Nc1cc(C2CCCC2)[nH]n1. The van der Waals surface area contributed by atoms with Crippen LogP contribution in [0.15, 0.2) is 6.07 Å². The minimum Gasteiger partial charge on any atom is -0.331 e. The Hall–Kier alpha value is -1.85. The van der Waals surface area contributed by atoms with Gasteiger partial charge in [-0.3, -0.25) is 14.7 Å². The Morgan fingerprint density at radius 2 is 2.00 bits per heavy atom. The van der Waals surface area contributed by atoms with Crippen molar-refractivity contribution in [1.82, 2.24) is 15.1 Å². The van der Waals surface area contributed by atoms with Crippen LogP contribution in [0.5, 0.6) is 0 Å². The number of nitrogens with one attached hydrogen (secondary N) is 2. The fourth-order valence-corrected chi connectivity index (χ4v) is 3.76. The van der Waals surface area contributed by atoms with Crippen LogP contribution in [0.2, 0.25) is 0 Å². The molecule has 1 saturated carbocycles. The summed E-state index contributed by atoms with van der Waals surface area (Å²) in [6.07, 6.45) is 8.05. The van der Waals surface area contributed by atoms with Gasteiger partial charge in [0.1, 0.15) is 6.04 Å². The van der Waals surface area contributed by atoms with Crippen LogP contribution in [-0.2, 0) is 9.59 Å². The van der Waals surface area contributed by atoms with E-state index in [1.165, 1.54) is 25.7 Å². The zero-order chi connectivity index (χ0) is 16.2. The van der Waals surface area contributed by atoms with Crippen molar-refractivity contribution < 1.29 is 9.59 Å². The molecule has 0 aromatic carbocycles. The van der Waals surface area contributed by atoms with Crippen molar-refractivity contribution in [3.8, 4) is 0 Å². The molecule has 3 rings (SSSR count). The van der Waals surface area contributed by atoms with Crippen LogP contribution in [0, 0.1) is 0 Å². The molecule has 6 nitrogen and oxygen atoms in total. The number of anilines is 1. The quantitative estimate of drug-likeness (QED) is 0.896. The van der Waals surface area contributed by atoms with E-state index in [-0.39, 0.29) is 17.9 Å². The molecule has 2 fully saturated rings. The van der Waals surface area contributed by atoms with Gasteiger partial charge in [-0.05, 0) is 32.1 Å². The summed E-state index contributed by atoms with van der Waals surface area (Å²) in [4.78, 5) is 26.3. The first-order chi connectivity index (χ1) is 11.2. The fourth-order valence-electron chi connectivity index (χ4n) is 3.76. The normalized spacial score (nSPS) is 22.3. The number of hydrogen-bond donors (Lipinski definition) is 2. The third-order valence-corrected chi connectivity index (χ3v) is 5.07. The van der Waals surface area contributed by atoms with E-state index >= 15 is 0 Å². The topological polar surface area (TPSA) is 78.1 Å². The highest BCUT2D eigenvalue weighted by Crippen LogP contribution is 2.33. The van der Waals surface area contributed by atoms with Crippen LogP contribution in [0.4, 0.5) is 5.82 Å². The highest BCUT2D eigenvalue weighted by Gasteiger charge is 2.31. The van der Waals surface area contributed by atoms with E-state index in [1.807, 2.05) is 13.0 Å². The number of aromatic nitrogens is 2. The van der Waals surface area contributed by atoms with Crippen LogP contribution in [-0.4, -0.2) is 39.5 Å². The average Bonchev–Trinajstić information content (AvgIpc) is 3.25. The van der Waals surface area contributed by atoms with E-state index in [1.54, 1.807) is 4.90 Å². The molecular formula is C17H26N4O2. The highest BCUT2D eigenvalue weighted by molar-refractivity contribution is 5.96. The number of H-pyrrole nitrogens is 1. The van der Waals surface area contributed by atoms with Gasteiger partial charge in [-0.15, -0.1) is 0 Å². The average molecular weight is 318 g/mol. The van der Waals surface area contributed by atoms with E-state index in [4.69, 9.17) is 0 Å². The molecule has 0 bridgehead atoms. The lowest BCUT2D eigenvalue weighted by atomic mass is 10.0. The highest BCUT2D eigenvalue weighted by atomic mass is 16.2. The third kappa shape index (κ3) is 3.57. The maximum absolute atomic E-state index is 12.6. The van der Waals surface area contributed by atoms with Gasteiger partial charge in [-0.2, -0.15) is 5.10 Å².